The molecular formula is C22H23FN2O3. The minimum absolute atomic E-state index is 0.0708. The zero-order valence-electron chi connectivity index (χ0n) is 15.6. The highest BCUT2D eigenvalue weighted by Crippen LogP contribution is 2.25. The van der Waals surface area contributed by atoms with Gasteiger partial charge in [0.25, 0.3) is 0 Å². The lowest BCUT2D eigenvalue weighted by atomic mass is 9.95. The van der Waals surface area contributed by atoms with Crippen LogP contribution in [0.2, 0.25) is 0 Å². The number of rotatable bonds is 4. The van der Waals surface area contributed by atoms with Gasteiger partial charge in [-0.15, -0.1) is 0 Å². The average molecular weight is 382 g/mol. The van der Waals surface area contributed by atoms with Crippen LogP contribution in [0.1, 0.15) is 29.5 Å². The molecule has 0 aliphatic carbocycles. The molecule has 0 aromatic heterocycles. The number of piperidine rings is 1. The molecule has 2 amide bonds. The first-order valence-corrected chi connectivity index (χ1v) is 9.63. The topological polar surface area (TPSA) is 58.6 Å². The molecule has 28 heavy (non-hydrogen) atoms. The van der Waals surface area contributed by atoms with E-state index < -0.39 is 5.82 Å². The number of carbonyl (C=O) groups excluding carboxylic acids is 2. The lowest BCUT2D eigenvalue weighted by molar-refractivity contribution is -0.127. The molecule has 0 saturated carbocycles. The molecule has 4 rings (SSSR count). The summed E-state index contributed by atoms with van der Waals surface area (Å²) in [7, 11) is 0. The van der Waals surface area contributed by atoms with Gasteiger partial charge in [-0.1, -0.05) is 24.3 Å². The molecule has 2 aliphatic heterocycles. The number of fused-ring (bicyclic) bond motifs is 1. The van der Waals surface area contributed by atoms with E-state index in [1.165, 1.54) is 28.2 Å². The summed E-state index contributed by atoms with van der Waals surface area (Å²) in [5.41, 5.74) is 4.05. The fraction of sp³-hybridized carbons (Fsp3) is 0.364. The molecule has 1 saturated heterocycles. The van der Waals surface area contributed by atoms with Crippen molar-refractivity contribution in [3.8, 4) is 0 Å². The Morgan fingerprint density at radius 3 is 2.93 bits per heavy atom. The van der Waals surface area contributed by atoms with Gasteiger partial charge in [-0.25, -0.2) is 4.39 Å². The van der Waals surface area contributed by atoms with Gasteiger partial charge in [0.1, 0.15) is 5.82 Å². The lowest BCUT2D eigenvalue weighted by Gasteiger charge is -2.32. The third-order valence-corrected chi connectivity index (χ3v) is 5.48. The Balaban J connectivity index is 1.42. The predicted molar refractivity (Wildman–Crippen MR) is 103 cm³/mol. The van der Waals surface area contributed by atoms with Crippen LogP contribution in [0.5, 0.6) is 0 Å². The van der Waals surface area contributed by atoms with Gasteiger partial charge < -0.3 is 15.0 Å². The third-order valence-electron chi connectivity index (χ3n) is 5.48. The molecule has 0 radical (unpaired) electrons. The quantitative estimate of drug-likeness (QED) is 0.885. The van der Waals surface area contributed by atoms with Crippen molar-refractivity contribution in [1.82, 2.24) is 5.32 Å². The largest absolute Gasteiger partial charge is 0.376 e. The van der Waals surface area contributed by atoms with Crippen molar-refractivity contribution in [3.05, 3.63) is 65.0 Å². The van der Waals surface area contributed by atoms with Crippen LogP contribution in [0.25, 0.3) is 0 Å². The summed E-state index contributed by atoms with van der Waals surface area (Å²) in [6, 6.07) is 12.0. The second-order valence-electron chi connectivity index (χ2n) is 7.30. The standard InChI is InChI=1S/C22H23FN2O3/c23-18-5-2-6-19(11-18)25-13-16(7-8-21(25)26)22(27)24-12-15-3-1-4-17-14-28-10-9-20(15)17/h1-6,11,16H,7-10,12-14H2,(H,24,27). The van der Waals surface area contributed by atoms with Crippen molar-refractivity contribution in [2.45, 2.75) is 32.4 Å². The van der Waals surface area contributed by atoms with Crippen LogP contribution in [-0.4, -0.2) is 25.0 Å². The normalized spacial score (nSPS) is 19.2. The molecular weight excluding hydrogens is 359 g/mol. The van der Waals surface area contributed by atoms with Gasteiger partial charge in [-0.2, -0.15) is 0 Å². The highest BCUT2D eigenvalue weighted by molar-refractivity contribution is 5.96. The number of nitrogens with zero attached hydrogens (tertiary/aromatic N) is 1. The number of carbonyl (C=O) groups is 2. The summed E-state index contributed by atoms with van der Waals surface area (Å²) >= 11 is 0. The predicted octanol–water partition coefficient (Wildman–Crippen LogP) is 2.96. The Morgan fingerprint density at radius 1 is 1.21 bits per heavy atom. The van der Waals surface area contributed by atoms with E-state index in [0.717, 1.165) is 12.0 Å². The summed E-state index contributed by atoms with van der Waals surface area (Å²) in [6.45, 7) is 2.05. The molecule has 5 nitrogen and oxygen atoms in total. The maximum absolute atomic E-state index is 13.5. The summed E-state index contributed by atoms with van der Waals surface area (Å²) in [6.07, 6.45) is 1.65. The molecule has 2 heterocycles. The maximum atomic E-state index is 13.5. The van der Waals surface area contributed by atoms with E-state index in [1.807, 2.05) is 12.1 Å². The SMILES string of the molecule is O=C(NCc1cccc2c1CCOC2)C1CCC(=O)N(c2cccc(F)c2)C1. The fourth-order valence-electron chi connectivity index (χ4n) is 3.95. The van der Waals surface area contributed by atoms with Crippen LogP contribution in [0.3, 0.4) is 0 Å². The summed E-state index contributed by atoms with van der Waals surface area (Å²) in [5, 5.41) is 3.03. The first-order valence-electron chi connectivity index (χ1n) is 9.63. The fourth-order valence-corrected chi connectivity index (χ4v) is 3.95. The molecule has 2 aromatic rings. The highest BCUT2D eigenvalue weighted by atomic mass is 19.1. The van der Waals surface area contributed by atoms with Gasteiger partial charge in [0.05, 0.1) is 19.1 Å². The first-order chi connectivity index (χ1) is 13.6. The highest BCUT2D eigenvalue weighted by Gasteiger charge is 2.31. The first kappa shape index (κ1) is 18.6. The van der Waals surface area contributed by atoms with Gasteiger partial charge >= 0.3 is 0 Å². The van der Waals surface area contributed by atoms with Crippen LogP contribution in [0.15, 0.2) is 42.5 Å². The Hall–Kier alpha value is -2.73. The molecule has 1 unspecified atom stereocenters. The number of hydrogen-bond donors (Lipinski definition) is 1. The molecule has 6 heteroatoms. The van der Waals surface area contributed by atoms with Crippen LogP contribution < -0.4 is 10.2 Å². The smallest absolute Gasteiger partial charge is 0.227 e. The van der Waals surface area contributed by atoms with Gasteiger partial charge in [-0.3, -0.25) is 9.59 Å². The van der Waals surface area contributed by atoms with Crippen molar-refractivity contribution in [2.24, 2.45) is 5.92 Å². The average Bonchev–Trinajstić information content (AvgIpc) is 2.72. The van der Waals surface area contributed by atoms with E-state index >= 15 is 0 Å². The van der Waals surface area contributed by atoms with E-state index in [0.29, 0.717) is 31.9 Å². The minimum atomic E-state index is -0.394. The molecule has 0 bridgehead atoms. The van der Waals surface area contributed by atoms with Crippen molar-refractivity contribution in [2.75, 3.05) is 18.1 Å². The van der Waals surface area contributed by atoms with Crippen molar-refractivity contribution in [1.29, 1.82) is 0 Å². The van der Waals surface area contributed by atoms with Crippen molar-refractivity contribution >= 4 is 17.5 Å². The second kappa shape index (κ2) is 8.10. The molecule has 2 aliphatic rings. The summed E-state index contributed by atoms with van der Waals surface area (Å²) in [5.74, 6) is -0.844. The number of nitrogens with one attached hydrogen (secondary N) is 1. The lowest BCUT2D eigenvalue weighted by Crippen LogP contribution is -2.45. The van der Waals surface area contributed by atoms with E-state index in [1.54, 1.807) is 12.1 Å². The summed E-state index contributed by atoms with van der Waals surface area (Å²) in [4.78, 5) is 26.5. The van der Waals surface area contributed by atoms with Gasteiger partial charge in [0.2, 0.25) is 11.8 Å². The van der Waals surface area contributed by atoms with E-state index in [-0.39, 0.29) is 30.7 Å². The van der Waals surface area contributed by atoms with E-state index in [2.05, 4.69) is 11.4 Å². The Morgan fingerprint density at radius 2 is 2.07 bits per heavy atom. The van der Waals surface area contributed by atoms with Crippen LogP contribution >= 0.6 is 0 Å². The van der Waals surface area contributed by atoms with Crippen LogP contribution in [0.4, 0.5) is 10.1 Å². The molecule has 1 atom stereocenters. The Kier molecular flexibility index (Phi) is 5.39. The molecule has 1 N–H and O–H groups in total. The number of benzene rings is 2. The second-order valence-corrected chi connectivity index (χ2v) is 7.30. The maximum Gasteiger partial charge on any atom is 0.227 e. The van der Waals surface area contributed by atoms with Crippen LogP contribution in [0, 0.1) is 11.7 Å². The molecule has 2 aromatic carbocycles. The number of hydrogen-bond acceptors (Lipinski definition) is 3. The van der Waals surface area contributed by atoms with E-state index in [9.17, 15) is 14.0 Å². The minimum Gasteiger partial charge on any atom is -0.376 e. The Bertz CT molecular complexity index is 899. The van der Waals surface area contributed by atoms with E-state index in [4.69, 9.17) is 4.74 Å². The zero-order chi connectivity index (χ0) is 19.5. The molecule has 1 fully saturated rings. The number of anilines is 1. The number of amides is 2. The Labute approximate surface area is 163 Å². The van der Waals surface area contributed by atoms with Gasteiger partial charge in [0, 0.05) is 25.2 Å². The summed E-state index contributed by atoms with van der Waals surface area (Å²) < 4.78 is 19.0. The van der Waals surface area contributed by atoms with Crippen molar-refractivity contribution < 1.29 is 18.7 Å². The van der Waals surface area contributed by atoms with Gasteiger partial charge in [-0.05, 0) is 47.7 Å². The van der Waals surface area contributed by atoms with Crippen LogP contribution in [-0.2, 0) is 33.9 Å². The third kappa shape index (κ3) is 3.92. The zero-order valence-corrected chi connectivity index (χ0v) is 15.6. The number of halogens is 1. The van der Waals surface area contributed by atoms with Crippen molar-refractivity contribution in [3.63, 3.8) is 0 Å². The number of ether oxygens (including phenoxy) is 1. The molecule has 146 valence electrons. The monoisotopic (exact) mass is 382 g/mol. The molecule has 0 spiro atoms. The van der Waals surface area contributed by atoms with Gasteiger partial charge in [0.15, 0.2) is 0 Å².